The SMILES string of the molecule is COC(=O)c1ccccc1NS(=O)(=O)c1sc(C(=O)OC)c(C)c1C(=O)OC. The summed E-state index contributed by atoms with van der Waals surface area (Å²) in [6.07, 6.45) is 0. The van der Waals surface area contributed by atoms with E-state index in [2.05, 4.69) is 18.9 Å². The first kappa shape index (κ1) is 21.4. The highest BCUT2D eigenvalue weighted by Gasteiger charge is 2.33. The highest BCUT2D eigenvalue weighted by atomic mass is 32.2. The zero-order chi connectivity index (χ0) is 21.1. The number of esters is 3. The van der Waals surface area contributed by atoms with Crippen molar-refractivity contribution in [2.24, 2.45) is 0 Å². The molecule has 1 heterocycles. The third-order valence-electron chi connectivity index (χ3n) is 3.70. The fraction of sp³-hybridized carbons (Fsp3) is 0.235. The van der Waals surface area contributed by atoms with E-state index in [1.807, 2.05) is 0 Å². The maximum absolute atomic E-state index is 13.0. The second-order valence-electron chi connectivity index (χ2n) is 5.34. The molecule has 0 bridgehead atoms. The van der Waals surface area contributed by atoms with Crippen molar-refractivity contribution in [2.75, 3.05) is 26.1 Å². The van der Waals surface area contributed by atoms with E-state index in [1.54, 1.807) is 0 Å². The van der Waals surface area contributed by atoms with Crippen LogP contribution < -0.4 is 4.72 Å². The van der Waals surface area contributed by atoms with E-state index in [0.29, 0.717) is 11.3 Å². The summed E-state index contributed by atoms with van der Waals surface area (Å²) in [6.45, 7) is 1.41. The van der Waals surface area contributed by atoms with Gasteiger partial charge >= 0.3 is 17.9 Å². The molecule has 0 saturated heterocycles. The fourth-order valence-electron chi connectivity index (χ4n) is 2.35. The Morgan fingerprint density at radius 3 is 2.07 bits per heavy atom. The van der Waals surface area contributed by atoms with Gasteiger partial charge in [0.05, 0.1) is 38.1 Å². The quantitative estimate of drug-likeness (QED) is 0.549. The van der Waals surface area contributed by atoms with E-state index in [0.717, 1.165) is 21.3 Å². The molecular formula is C17H17NO8S2. The largest absolute Gasteiger partial charge is 0.465 e. The van der Waals surface area contributed by atoms with E-state index in [1.165, 1.54) is 31.2 Å². The second-order valence-corrected chi connectivity index (χ2v) is 8.24. The molecule has 2 rings (SSSR count). The Hall–Kier alpha value is -2.92. The van der Waals surface area contributed by atoms with Crippen molar-refractivity contribution in [3.63, 3.8) is 0 Å². The number of ether oxygens (including phenoxy) is 3. The lowest BCUT2D eigenvalue weighted by atomic mass is 10.2. The minimum atomic E-state index is -4.35. The zero-order valence-electron chi connectivity index (χ0n) is 15.4. The Balaban J connectivity index is 2.62. The maximum Gasteiger partial charge on any atom is 0.348 e. The number of hydrogen-bond donors (Lipinski definition) is 1. The van der Waals surface area contributed by atoms with Gasteiger partial charge in [-0.15, -0.1) is 11.3 Å². The van der Waals surface area contributed by atoms with Crippen molar-refractivity contribution >= 4 is 45.0 Å². The molecule has 28 heavy (non-hydrogen) atoms. The van der Waals surface area contributed by atoms with Crippen LogP contribution in [0.5, 0.6) is 0 Å². The van der Waals surface area contributed by atoms with Crippen LogP contribution in [-0.4, -0.2) is 47.7 Å². The van der Waals surface area contributed by atoms with Gasteiger partial charge in [-0.2, -0.15) is 0 Å². The van der Waals surface area contributed by atoms with Crippen LogP contribution in [0, 0.1) is 6.92 Å². The van der Waals surface area contributed by atoms with Gasteiger partial charge in [-0.05, 0) is 24.6 Å². The van der Waals surface area contributed by atoms with Gasteiger partial charge in [0.15, 0.2) is 4.21 Å². The number of thiophene rings is 1. The molecule has 0 spiro atoms. The molecule has 0 aliphatic rings. The average molecular weight is 427 g/mol. The van der Waals surface area contributed by atoms with Crippen LogP contribution in [-0.2, 0) is 24.2 Å². The van der Waals surface area contributed by atoms with Crippen molar-refractivity contribution in [3.8, 4) is 0 Å². The number of methoxy groups -OCH3 is 3. The summed E-state index contributed by atoms with van der Waals surface area (Å²) in [7, 11) is -0.966. The molecular weight excluding hydrogens is 410 g/mol. The van der Waals surface area contributed by atoms with Crippen molar-refractivity contribution in [1.82, 2.24) is 0 Å². The number of anilines is 1. The second kappa shape index (κ2) is 8.40. The van der Waals surface area contributed by atoms with Gasteiger partial charge in [-0.3, -0.25) is 4.72 Å². The van der Waals surface area contributed by atoms with Gasteiger partial charge in [0, 0.05) is 0 Å². The average Bonchev–Trinajstić information content (AvgIpc) is 3.04. The van der Waals surface area contributed by atoms with Crippen molar-refractivity contribution in [1.29, 1.82) is 0 Å². The Bertz CT molecular complexity index is 1040. The summed E-state index contributed by atoms with van der Waals surface area (Å²) in [5.74, 6) is -2.46. The number of rotatable bonds is 6. The highest BCUT2D eigenvalue weighted by molar-refractivity contribution is 7.94. The summed E-state index contributed by atoms with van der Waals surface area (Å²) < 4.78 is 41.7. The topological polar surface area (TPSA) is 125 Å². The standard InChI is InChI=1S/C17H17NO8S2/c1-9-12(15(20)25-3)17(27-13(9)16(21)26-4)28(22,23)18-11-8-6-5-7-10(11)14(19)24-2/h5-8,18H,1-4H3. The zero-order valence-corrected chi connectivity index (χ0v) is 17.0. The lowest BCUT2D eigenvalue weighted by molar-refractivity contribution is 0.0588. The smallest absolute Gasteiger partial charge is 0.348 e. The molecule has 0 fully saturated rings. The van der Waals surface area contributed by atoms with Crippen molar-refractivity contribution in [3.05, 3.63) is 45.8 Å². The summed E-state index contributed by atoms with van der Waals surface area (Å²) in [6, 6.07) is 5.80. The number of carbonyl (C=O) groups is 3. The van der Waals surface area contributed by atoms with E-state index < -0.39 is 32.1 Å². The maximum atomic E-state index is 13.0. The van der Waals surface area contributed by atoms with Gasteiger partial charge in [0.1, 0.15) is 4.88 Å². The predicted octanol–water partition coefficient (Wildman–Crippen LogP) is 2.22. The van der Waals surface area contributed by atoms with Gasteiger partial charge in [0.25, 0.3) is 10.0 Å². The molecule has 0 atom stereocenters. The molecule has 11 heteroatoms. The van der Waals surface area contributed by atoms with Crippen LogP contribution in [0.15, 0.2) is 28.5 Å². The minimum Gasteiger partial charge on any atom is -0.465 e. The first-order valence-electron chi connectivity index (χ1n) is 7.68. The Kier molecular flexibility index (Phi) is 6.41. The van der Waals surface area contributed by atoms with Crippen LogP contribution in [0.2, 0.25) is 0 Å². The minimum absolute atomic E-state index is 0.0188. The lowest BCUT2D eigenvalue weighted by Gasteiger charge is -2.11. The number of sulfonamides is 1. The van der Waals surface area contributed by atoms with E-state index in [9.17, 15) is 22.8 Å². The number of hydrogen-bond acceptors (Lipinski definition) is 9. The molecule has 0 aliphatic carbocycles. The first-order chi connectivity index (χ1) is 13.2. The lowest BCUT2D eigenvalue weighted by Crippen LogP contribution is -2.18. The normalized spacial score (nSPS) is 10.9. The molecule has 1 aromatic carbocycles. The Labute approximate surface area is 165 Å². The van der Waals surface area contributed by atoms with Crippen LogP contribution in [0.4, 0.5) is 5.69 Å². The van der Waals surface area contributed by atoms with Crippen LogP contribution in [0.25, 0.3) is 0 Å². The summed E-state index contributed by atoms with van der Waals surface area (Å²) in [5, 5.41) is 0. The van der Waals surface area contributed by atoms with E-state index in [4.69, 9.17) is 0 Å². The van der Waals surface area contributed by atoms with Crippen molar-refractivity contribution < 1.29 is 37.0 Å². The molecule has 0 unspecified atom stereocenters. The molecule has 0 saturated carbocycles. The van der Waals surface area contributed by atoms with Gasteiger partial charge in [-0.25, -0.2) is 22.8 Å². The molecule has 0 amide bonds. The molecule has 2 aromatic rings. The Morgan fingerprint density at radius 1 is 0.929 bits per heavy atom. The molecule has 1 aromatic heterocycles. The molecule has 9 nitrogen and oxygen atoms in total. The molecule has 150 valence electrons. The third-order valence-corrected chi connectivity index (χ3v) is 6.85. The molecule has 0 radical (unpaired) electrons. The van der Waals surface area contributed by atoms with Crippen molar-refractivity contribution in [2.45, 2.75) is 11.1 Å². The van der Waals surface area contributed by atoms with Crippen LogP contribution >= 0.6 is 11.3 Å². The third kappa shape index (κ3) is 3.99. The van der Waals surface area contributed by atoms with Crippen LogP contribution in [0.1, 0.15) is 36.0 Å². The Morgan fingerprint density at radius 2 is 1.50 bits per heavy atom. The first-order valence-corrected chi connectivity index (χ1v) is 9.98. The summed E-state index contributed by atoms with van der Waals surface area (Å²) in [5.41, 5.74) is -0.230. The summed E-state index contributed by atoms with van der Waals surface area (Å²) >= 11 is 0.567. The van der Waals surface area contributed by atoms with Crippen LogP contribution in [0.3, 0.4) is 0 Å². The monoisotopic (exact) mass is 427 g/mol. The number of carbonyl (C=O) groups excluding carboxylic acids is 3. The summed E-state index contributed by atoms with van der Waals surface area (Å²) in [4.78, 5) is 35.9. The van der Waals surface area contributed by atoms with Gasteiger partial charge < -0.3 is 14.2 Å². The predicted molar refractivity (Wildman–Crippen MR) is 100 cm³/mol. The molecule has 0 aliphatic heterocycles. The van der Waals surface area contributed by atoms with Gasteiger partial charge in [0.2, 0.25) is 0 Å². The van der Waals surface area contributed by atoms with E-state index in [-0.39, 0.29) is 27.3 Å². The highest BCUT2D eigenvalue weighted by Crippen LogP contribution is 2.34. The number of para-hydroxylation sites is 1. The fourth-order valence-corrected chi connectivity index (χ4v) is 5.18. The van der Waals surface area contributed by atoms with E-state index >= 15 is 0 Å². The number of benzene rings is 1. The molecule has 1 N–H and O–H groups in total. The number of nitrogens with one attached hydrogen (secondary N) is 1. The van der Waals surface area contributed by atoms with Gasteiger partial charge in [-0.1, -0.05) is 12.1 Å².